The van der Waals surface area contributed by atoms with Crippen molar-refractivity contribution >= 4 is 17.9 Å². The number of alkyl halides is 6. The minimum Gasteiger partial charge on any atom is -0.403 e. The predicted molar refractivity (Wildman–Crippen MR) is 106 cm³/mol. The number of hydrogen-bond donors (Lipinski definition) is 0. The van der Waals surface area contributed by atoms with Crippen LogP contribution in [0.2, 0.25) is 0 Å². The molecule has 0 N–H and O–H groups in total. The Balaban J connectivity index is 1.86. The Morgan fingerprint density at radius 2 is 1.15 bits per heavy atom. The number of hydrogen-bond acceptors (Lipinski definition) is 3. The molecular weight excluding hydrogens is 476 g/mol. The van der Waals surface area contributed by atoms with E-state index in [0.717, 1.165) is 36.4 Å². The van der Waals surface area contributed by atoms with Crippen LogP contribution in [0.15, 0.2) is 47.5 Å². The summed E-state index contributed by atoms with van der Waals surface area (Å²) < 4.78 is 109. The van der Waals surface area contributed by atoms with Crippen LogP contribution in [-0.4, -0.2) is 18.5 Å². The molecule has 0 aromatic heterocycles. The van der Waals surface area contributed by atoms with E-state index in [9.17, 15) is 39.9 Å². The molecular formula is C23H16F8O3. The fraction of sp³-hybridized carbons (Fsp3) is 0.261. The van der Waals surface area contributed by atoms with Gasteiger partial charge >= 0.3 is 12.7 Å². The average molecular weight is 492 g/mol. The van der Waals surface area contributed by atoms with E-state index < -0.39 is 41.6 Å². The van der Waals surface area contributed by atoms with Gasteiger partial charge in [0.05, 0.1) is 0 Å². The highest BCUT2D eigenvalue weighted by molar-refractivity contribution is 6.14. The number of halogens is 8. The number of benzene rings is 2. The van der Waals surface area contributed by atoms with E-state index in [1.54, 1.807) is 0 Å². The van der Waals surface area contributed by atoms with Gasteiger partial charge in [-0.15, -0.1) is 26.3 Å². The van der Waals surface area contributed by atoms with Crippen LogP contribution in [-0.2, 0) is 4.79 Å². The summed E-state index contributed by atoms with van der Waals surface area (Å²) in [5, 5.41) is 0. The lowest BCUT2D eigenvalue weighted by atomic mass is 9.81. The summed E-state index contributed by atoms with van der Waals surface area (Å²) in [6.07, 6.45) is -6.88. The first-order valence-electron chi connectivity index (χ1n) is 9.76. The number of ketones is 1. The van der Waals surface area contributed by atoms with E-state index in [-0.39, 0.29) is 28.2 Å². The topological polar surface area (TPSA) is 35.5 Å². The van der Waals surface area contributed by atoms with Gasteiger partial charge in [0.1, 0.15) is 0 Å². The SMILES string of the molecule is CC1C/C(=C\c2ccc(OC(F)(F)F)c(F)c2)C(=O)/C(=C/c2ccc(OC(F)(F)F)c(F)c2)C1. The van der Waals surface area contributed by atoms with Gasteiger partial charge in [0.15, 0.2) is 28.9 Å². The van der Waals surface area contributed by atoms with Gasteiger partial charge in [0, 0.05) is 11.1 Å². The minimum atomic E-state index is -5.06. The highest BCUT2D eigenvalue weighted by Gasteiger charge is 2.33. The second-order valence-electron chi connectivity index (χ2n) is 7.66. The summed E-state index contributed by atoms with van der Waals surface area (Å²) >= 11 is 0. The number of rotatable bonds is 4. The fourth-order valence-electron chi connectivity index (χ4n) is 3.49. The summed E-state index contributed by atoms with van der Waals surface area (Å²) in [5.74, 6) is -5.08. The fourth-order valence-corrected chi connectivity index (χ4v) is 3.49. The van der Waals surface area contributed by atoms with Crippen molar-refractivity contribution in [2.45, 2.75) is 32.5 Å². The van der Waals surface area contributed by atoms with Crippen LogP contribution in [0.3, 0.4) is 0 Å². The first-order valence-corrected chi connectivity index (χ1v) is 9.76. The Morgan fingerprint density at radius 3 is 1.47 bits per heavy atom. The smallest absolute Gasteiger partial charge is 0.403 e. The molecule has 0 amide bonds. The second kappa shape index (κ2) is 9.47. The number of ether oxygens (including phenoxy) is 2. The lowest BCUT2D eigenvalue weighted by Crippen LogP contribution is -2.18. The van der Waals surface area contributed by atoms with E-state index in [4.69, 9.17) is 0 Å². The van der Waals surface area contributed by atoms with E-state index in [2.05, 4.69) is 9.47 Å². The molecule has 0 heterocycles. The van der Waals surface area contributed by atoms with E-state index >= 15 is 0 Å². The molecule has 0 unspecified atom stereocenters. The van der Waals surface area contributed by atoms with Crippen molar-refractivity contribution in [3.63, 3.8) is 0 Å². The van der Waals surface area contributed by atoms with Crippen LogP contribution in [0.1, 0.15) is 30.9 Å². The summed E-state index contributed by atoms with van der Waals surface area (Å²) in [6.45, 7) is 1.82. The summed E-state index contributed by atoms with van der Waals surface area (Å²) in [5.41, 5.74) is 0.741. The largest absolute Gasteiger partial charge is 0.573 e. The molecule has 3 rings (SSSR count). The maximum atomic E-state index is 14.0. The Kier molecular flexibility index (Phi) is 7.04. The van der Waals surface area contributed by atoms with E-state index in [1.807, 2.05) is 6.92 Å². The zero-order chi connectivity index (χ0) is 25.3. The molecule has 34 heavy (non-hydrogen) atoms. The van der Waals surface area contributed by atoms with Crippen molar-refractivity contribution in [1.29, 1.82) is 0 Å². The molecule has 1 aliphatic carbocycles. The highest BCUT2D eigenvalue weighted by atomic mass is 19.4. The molecule has 11 heteroatoms. The van der Waals surface area contributed by atoms with Gasteiger partial charge < -0.3 is 9.47 Å². The van der Waals surface area contributed by atoms with Crippen LogP contribution in [0.5, 0.6) is 11.5 Å². The van der Waals surface area contributed by atoms with Crippen LogP contribution in [0, 0.1) is 17.6 Å². The standard InChI is InChI=1S/C23H16F8O3/c1-12-6-15(8-13-2-4-19(17(24)10-13)33-22(26,27)28)21(32)16(7-12)9-14-3-5-20(18(25)11-14)34-23(29,30)31/h2-5,8-12H,6-7H2,1H3/b15-8+,16-9+. The molecule has 0 aliphatic heterocycles. The zero-order valence-corrected chi connectivity index (χ0v) is 17.4. The average Bonchev–Trinajstić information content (AvgIpc) is 2.68. The Labute approximate surface area is 188 Å². The van der Waals surface area contributed by atoms with Gasteiger partial charge in [0.25, 0.3) is 0 Å². The first kappa shape index (κ1) is 25.3. The van der Waals surface area contributed by atoms with Gasteiger partial charge in [-0.3, -0.25) is 4.79 Å². The third kappa shape index (κ3) is 6.82. The molecule has 0 spiro atoms. The maximum Gasteiger partial charge on any atom is 0.573 e. The molecule has 0 radical (unpaired) electrons. The monoisotopic (exact) mass is 492 g/mol. The number of carbonyl (C=O) groups is 1. The summed E-state index contributed by atoms with van der Waals surface area (Å²) in [7, 11) is 0. The summed E-state index contributed by atoms with van der Waals surface area (Å²) in [6, 6.07) is 5.47. The third-order valence-corrected chi connectivity index (χ3v) is 4.77. The molecule has 2 aromatic rings. The number of carbonyl (C=O) groups excluding carboxylic acids is 1. The Hall–Kier alpha value is -3.37. The van der Waals surface area contributed by atoms with Gasteiger partial charge in [-0.2, -0.15) is 0 Å². The lowest BCUT2D eigenvalue weighted by molar-refractivity contribution is -0.276. The molecule has 0 saturated heterocycles. The first-order chi connectivity index (χ1) is 15.7. The van der Waals surface area contributed by atoms with E-state index in [1.165, 1.54) is 12.2 Å². The molecule has 0 atom stereocenters. The molecule has 2 aromatic carbocycles. The molecule has 1 fully saturated rings. The zero-order valence-electron chi connectivity index (χ0n) is 17.4. The lowest BCUT2D eigenvalue weighted by Gasteiger charge is -2.23. The van der Waals surface area contributed by atoms with Crippen molar-refractivity contribution in [2.24, 2.45) is 5.92 Å². The molecule has 3 nitrogen and oxygen atoms in total. The van der Waals surface area contributed by atoms with Crippen LogP contribution in [0.4, 0.5) is 35.1 Å². The molecule has 182 valence electrons. The van der Waals surface area contributed by atoms with Crippen molar-refractivity contribution < 1.29 is 49.4 Å². The maximum absolute atomic E-state index is 14.0. The second-order valence-corrected chi connectivity index (χ2v) is 7.66. The quantitative estimate of drug-likeness (QED) is 0.334. The highest BCUT2D eigenvalue weighted by Crippen LogP contribution is 2.34. The van der Waals surface area contributed by atoms with Gasteiger partial charge in [0.2, 0.25) is 0 Å². The molecule has 0 bridgehead atoms. The minimum absolute atomic E-state index is 0.0643. The van der Waals surface area contributed by atoms with Gasteiger partial charge in [-0.1, -0.05) is 19.1 Å². The Bertz CT molecular complexity index is 1060. The van der Waals surface area contributed by atoms with Crippen LogP contribution < -0.4 is 9.47 Å². The van der Waals surface area contributed by atoms with Gasteiger partial charge in [-0.25, -0.2) is 8.78 Å². The Morgan fingerprint density at radius 1 is 0.765 bits per heavy atom. The predicted octanol–water partition coefficient (Wildman–Crippen LogP) is 7.23. The number of allylic oxidation sites excluding steroid dienone is 2. The molecule has 1 saturated carbocycles. The van der Waals surface area contributed by atoms with E-state index in [0.29, 0.717) is 12.8 Å². The number of Topliss-reactive ketones (excluding diaryl/α,β-unsaturated/α-hetero) is 1. The van der Waals surface area contributed by atoms with Crippen molar-refractivity contribution in [3.8, 4) is 11.5 Å². The molecule has 1 aliphatic rings. The summed E-state index contributed by atoms with van der Waals surface area (Å²) in [4.78, 5) is 12.9. The van der Waals surface area contributed by atoms with Crippen molar-refractivity contribution in [1.82, 2.24) is 0 Å². The normalized spacial score (nSPS) is 19.6. The van der Waals surface area contributed by atoms with Gasteiger partial charge in [-0.05, 0) is 66.3 Å². The van der Waals surface area contributed by atoms with Crippen molar-refractivity contribution in [2.75, 3.05) is 0 Å². The third-order valence-electron chi connectivity index (χ3n) is 4.77. The van der Waals surface area contributed by atoms with Crippen molar-refractivity contribution in [3.05, 3.63) is 70.3 Å². The van der Waals surface area contributed by atoms with Crippen LogP contribution in [0.25, 0.3) is 12.2 Å². The van der Waals surface area contributed by atoms with Crippen LogP contribution >= 0.6 is 0 Å².